The molecule has 1 heterocycles. The molecule has 0 aliphatic carbocycles. The van der Waals surface area contributed by atoms with E-state index in [9.17, 15) is 13.2 Å². The molecule has 1 aliphatic heterocycles. The molecule has 6 nitrogen and oxygen atoms in total. The minimum Gasteiger partial charge on any atom is -0.480 e. The SMILES string of the molecule is CCCCN(C)S(=O)(=O)N1CSCC1C(=O)O. The summed E-state index contributed by atoms with van der Waals surface area (Å²) in [4.78, 5) is 11.0. The number of rotatable bonds is 6. The van der Waals surface area contributed by atoms with E-state index in [1.54, 1.807) is 0 Å². The van der Waals surface area contributed by atoms with Crippen LogP contribution in [-0.2, 0) is 15.0 Å². The predicted molar refractivity (Wildman–Crippen MR) is 67.0 cm³/mol. The normalized spacial score (nSPS) is 22.2. The molecule has 0 aromatic heterocycles. The van der Waals surface area contributed by atoms with Crippen molar-refractivity contribution in [3.8, 4) is 0 Å². The Labute approximate surface area is 106 Å². The van der Waals surface area contributed by atoms with E-state index in [2.05, 4.69) is 0 Å². The summed E-state index contributed by atoms with van der Waals surface area (Å²) in [5, 5.41) is 8.97. The molecular weight excluding hydrogens is 264 g/mol. The Kier molecular flexibility index (Phi) is 5.23. The van der Waals surface area contributed by atoms with Crippen LogP contribution in [0.15, 0.2) is 0 Å². The lowest BCUT2D eigenvalue weighted by molar-refractivity contribution is -0.140. The van der Waals surface area contributed by atoms with Gasteiger partial charge in [0.1, 0.15) is 6.04 Å². The molecule has 0 radical (unpaired) electrons. The number of carbonyl (C=O) groups is 1. The average Bonchev–Trinajstić information content (AvgIpc) is 2.75. The quantitative estimate of drug-likeness (QED) is 0.764. The Morgan fingerprint density at radius 1 is 1.59 bits per heavy atom. The molecule has 0 amide bonds. The van der Waals surface area contributed by atoms with Gasteiger partial charge in [0.25, 0.3) is 10.2 Å². The summed E-state index contributed by atoms with van der Waals surface area (Å²) in [6.07, 6.45) is 1.67. The van der Waals surface area contributed by atoms with Crippen molar-refractivity contribution in [2.75, 3.05) is 25.2 Å². The minimum atomic E-state index is -3.64. The molecule has 0 aromatic carbocycles. The molecule has 1 unspecified atom stereocenters. The zero-order chi connectivity index (χ0) is 13.1. The van der Waals surface area contributed by atoms with Crippen molar-refractivity contribution in [3.63, 3.8) is 0 Å². The van der Waals surface area contributed by atoms with Gasteiger partial charge < -0.3 is 5.11 Å². The Bertz CT molecular complexity index is 371. The second kappa shape index (κ2) is 6.03. The number of hydrogen-bond donors (Lipinski definition) is 1. The van der Waals surface area contributed by atoms with Crippen molar-refractivity contribution in [1.82, 2.24) is 8.61 Å². The van der Waals surface area contributed by atoms with E-state index in [1.807, 2.05) is 6.92 Å². The fourth-order valence-corrected chi connectivity index (χ4v) is 4.59. The number of unbranched alkanes of at least 4 members (excludes halogenated alkanes) is 1. The molecule has 100 valence electrons. The summed E-state index contributed by atoms with van der Waals surface area (Å²) in [5.74, 6) is -0.547. The number of hydrogen-bond acceptors (Lipinski definition) is 4. The van der Waals surface area contributed by atoms with Gasteiger partial charge in [-0.2, -0.15) is 17.0 Å². The van der Waals surface area contributed by atoms with Gasteiger partial charge in [-0.05, 0) is 6.42 Å². The van der Waals surface area contributed by atoms with Gasteiger partial charge in [-0.15, -0.1) is 11.8 Å². The lowest BCUT2D eigenvalue weighted by Crippen LogP contribution is -2.48. The highest BCUT2D eigenvalue weighted by Gasteiger charge is 2.40. The molecule has 17 heavy (non-hydrogen) atoms. The van der Waals surface area contributed by atoms with Gasteiger partial charge in [-0.25, -0.2) is 0 Å². The zero-order valence-corrected chi connectivity index (χ0v) is 11.6. The number of carboxylic acids is 1. The molecule has 0 aromatic rings. The molecule has 1 rings (SSSR count). The van der Waals surface area contributed by atoms with Crippen LogP contribution < -0.4 is 0 Å². The molecular formula is C9H18N2O4S2. The van der Waals surface area contributed by atoms with E-state index >= 15 is 0 Å². The Hall–Kier alpha value is -0.310. The first-order valence-electron chi connectivity index (χ1n) is 5.45. The lowest BCUT2D eigenvalue weighted by atomic mass is 10.3. The highest BCUT2D eigenvalue weighted by Crippen LogP contribution is 2.25. The van der Waals surface area contributed by atoms with Crippen molar-refractivity contribution in [1.29, 1.82) is 0 Å². The van der Waals surface area contributed by atoms with E-state index < -0.39 is 22.2 Å². The van der Waals surface area contributed by atoms with Crippen LogP contribution in [0.3, 0.4) is 0 Å². The third kappa shape index (κ3) is 3.34. The van der Waals surface area contributed by atoms with Crippen LogP contribution in [0.1, 0.15) is 19.8 Å². The molecule has 1 fully saturated rings. The van der Waals surface area contributed by atoms with Gasteiger partial charge in [0.15, 0.2) is 0 Å². The first kappa shape index (κ1) is 14.7. The Morgan fingerprint density at radius 2 is 2.24 bits per heavy atom. The Morgan fingerprint density at radius 3 is 2.76 bits per heavy atom. The summed E-state index contributed by atoms with van der Waals surface area (Å²) >= 11 is 1.33. The third-order valence-corrected chi connectivity index (χ3v) is 5.77. The maximum absolute atomic E-state index is 12.1. The standard InChI is InChI=1S/C9H18N2O4S2/c1-3-4-5-10(2)17(14,15)11-7-16-6-8(11)9(12)13/h8H,3-7H2,1-2H3,(H,12,13). The second-order valence-electron chi connectivity index (χ2n) is 3.92. The van der Waals surface area contributed by atoms with E-state index in [-0.39, 0.29) is 5.88 Å². The largest absolute Gasteiger partial charge is 0.480 e. The molecule has 8 heteroatoms. The first-order valence-corrected chi connectivity index (χ1v) is 8.00. The van der Waals surface area contributed by atoms with Crippen LogP contribution in [0, 0.1) is 0 Å². The molecule has 1 saturated heterocycles. The van der Waals surface area contributed by atoms with Crippen molar-refractivity contribution >= 4 is 27.9 Å². The van der Waals surface area contributed by atoms with Crippen LogP contribution in [0.4, 0.5) is 0 Å². The number of nitrogens with zero attached hydrogens (tertiary/aromatic N) is 2. The van der Waals surface area contributed by atoms with Crippen molar-refractivity contribution in [2.45, 2.75) is 25.8 Å². The van der Waals surface area contributed by atoms with Gasteiger partial charge in [0.05, 0.1) is 5.88 Å². The molecule has 0 spiro atoms. The number of thioether (sulfide) groups is 1. The van der Waals surface area contributed by atoms with Crippen LogP contribution in [-0.4, -0.2) is 59.4 Å². The molecule has 1 aliphatic rings. The van der Waals surface area contributed by atoms with Crippen LogP contribution in [0.2, 0.25) is 0 Å². The maximum atomic E-state index is 12.1. The lowest BCUT2D eigenvalue weighted by Gasteiger charge is -2.26. The molecule has 1 N–H and O–H groups in total. The summed E-state index contributed by atoms with van der Waals surface area (Å²) in [7, 11) is -2.15. The van der Waals surface area contributed by atoms with E-state index in [1.165, 1.54) is 23.1 Å². The number of carboxylic acid groups (broad SMARTS) is 1. The van der Waals surface area contributed by atoms with Gasteiger partial charge >= 0.3 is 5.97 Å². The van der Waals surface area contributed by atoms with Crippen molar-refractivity contribution in [3.05, 3.63) is 0 Å². The maximum Gasteiger partial charge on any atom is 0.322 e. The summed E-state index contributed by atoms with van der Waals surface area (Å²) in [6, 6.07) is -0.936. The zero-order valence-electron chi connectivity index (χ0n) is 10.00. The highest BCUT2D eigenvalue weighted by molar-refractivity contribution is 8.00. The molecule has 1 atom stereocenters. The monoisotopic (exact) mass is 282 g/mol. The van der Waals surface area contributed by atoms with Crippen LogP contribution in [0.5, 0.6) is 0 Å². The van der Waals surface area contributed by atoms with E-state index in [4.69, 9.17) is 5.11 Å². The summed E-state index contributed by atoms with van der Waals surface area (Å²) in [6.45, 7) is 2.40. The fraction of sp³-hybridized carbons (Fsp3) is 0.889. The van der Waals surface area contributed by atoms with Crippen LogP contribution >= 0.6 is 11.8 Å². The average molecular weight is 282 g/mol. The first-order chi connectivity index (χ1) is 7.91. The number of aliphatic carboxylic acids is 1. The van der Waals surface area contributed by atoms with Crippen LogP contribution in [0.25, 0.3) is 0 Å². The minimum absolute atomic E-state index is 0.218. The fourth-order valence-electron chi connectivity index (χ4n) is 1.52. The van der Waals surface area contributed by atoms with Crippen molar-refractivity contribution in [2.24, 2.45) is 0 Å². The van der Waals surface area contributed by atoms with E-state index in [0.29, 0.717) is 12.3 Å². The topological polar surface area (TPSA) is 77.9 Å². The predicted octanol–water partition coefficient (Wildman–Crippen LogP) is 0.423. The summed E-state index contributed by atoms with van der Waals surface area (Å²) in [5.41, 5.74) is 0. The highest BCUT2D eigenvalue weighted by atomic mass is 32.2. The third-order valence-electron chi connectivity index (χ3n) is 2.64. The molecule has 0 bridgehead atoms. The van der Waals surface area contributed by atoms with Gasteiger partial charge in [-0.1, -0.05) is 13.3 Å². The van der Waals surface area contributed by atoms with Crippen molar-refractivity contribution < 1.29 is 18.3 Å². The molecule has 0 saturated carbocycles. The van der Waals surface area contributed by atoms with Gasteiger partial charge in [-0.3, -0.25) is 4.79 Å². The van der Waals surface area contributed by atoms with Gasteiger partial charge in [0.2, 0.25) is 0 Å². The smallest absolute Gasteiger partial charge is 0.322 e. The second-order valence-corrected chi connectivity index (χ2v) is 6.91. The summed E-state index contributed by atoms with van der Waals surface area (Å²) < 4.78 is 26.6. The van der Waals surface area contributed by atoms with E-state index in [0.717, 1.165) is 17.1 Å². The Balaban J connectivity index is 2.78. The van der Waals surface area contributed by atoms with Gasteiger partial charge in [0, 0.05) is 19.3 Å².